The first-order chi connectivity index (χ1) is 6.10. The van der Waals surface area contributed by atoms with E-state index in [1.807, 2.05) is 6.92 Å². The molecule has 0 aliphatic rings. The molecular weight excluding hydrogens is 162 g/mol. The second-order valence-electron chi connectivity index (χ2n) is 4.11. The Balaban J connectivity index is 3.62. The van der Waals surface area contributed by atoms with Crippen LogP contribution in [0.4, 0.5) is 0 Å². The summed E-state index contributed by atoms with van der Waals surface area (Å²) in [6.45, 7) is 9.25. The minimum Gasteiger partial charge on any atom is -0.392 e. The Morgan fingerprint density at radius 2 is 1.77 bits per heavy atom. The lowest BCUT2D eigenvalue weighted by Crippen LogP contribution is -2.35. The smallest absolute Gasteiger partial charge is 0.0636 e. The molecule has 2 nitrogen and oxygen atoms in total. The highest BCUT2D eigenvalue weighted by atomic mass is 16.3. The molecule has 0 spiro atoms. The largest absolute Gasteiger partial charge is 0.392 e. The Morgan fingerprint density at radius 1 is 1.15 bits per heavy atom. The quantitative estimate of drug-likeness (QED) is 0.640. The van der Waals surface area contributed by atoms with Gasteiger partial charge in [0, 0.05) is 12.6 Å². The highest BCUT2D eigenvalue weighted by Gasteiger charge is 2.10. The van der Waals surface area contributed by atoms with Crippen molar-refractivity contribution in [2.45, 2.75) is 59.1 Å². The van der Waals surface area contributed by atoms with E-state index >= 15 is 0 Å². The third kappa shape index (κ3) is 7.03. The predicted octanol–water partition coefficient (Wildman–Crippen LogP) is 2.17. The van der Waals surface area contributed by atoms with Gasteiger partial charge in [-0.3, -0.25) is 0 Å². The van der Waals surface area contributed by atoms with Crippen LogP contribution in [0.1, 0.15) is 47.0 Å². The average Bonchev–Trinajstić information content (AvgIpc) is 2.11. The van der Waals surface area contributed by atoms with Crippen LogP contribution in [0.2, 0.25) is 0 Å². The summed E-state index contributed by atoms with van der Waals surface area (Å²) in [6, 6.07) is 0.574. The first-order valence-corrected chi connectivity index (χ1v) is 5.51. The number of aliphatic hydroxyl groups excluding tert-OH is 1. The number of nitrogens with one attached hydrogen (secondary N) is 1. The van der Waals surface area contributed by atoms with Crippen LogP contribution in [0.15, 0.2) is 0 Å². The molecule has 2 heteroatoms. The lowest BCUT2D eigenvalue weighted by atomic mass is 9.98. The molecule has 0 aromatic heterocycles. The zero-order chi connectivity index (χ0) is 10.3. The van der Waals surface area contributed by atoms with Crippen LogP contribution in [-0.4, -0.2) is 23.8 Å². The van der Waals surface area contributed by atoms with Gasteiger partial charge < -0.3 is 10.4 Å². The van der Waals surface area contributed by atoms with Gasteiger partial charge in [0.15, 0.2) is 0 Å². The number of rotatable bonds is 7. The van der Waals surface area contributed by atoms with Gasteiger partial charge in [-0.25, -0.2) is 0 Å². The third-order valence-corrected chi connectivity index (χ3v) is 2.58. The van der Waals surface area contributed by atoms with E-state index < -0.39 is 0 Å². The van der Waals surface area contributed by atoms with Gasteiger partial charge in [-0.15, -0.1) is 0 Å². The van der Waals surface area contributed by atoms with Gasteiger partial charge in [-0.1, -0.05) is 27.2 Å². The van der Waals surface area contributed by atoms with Gasteiger partial charge in [0.25, 0.3) is 0 Å². The van der Waals surface area contributed by atoms with Crippen molar-refractivity contribution in [1.82, 2.24) is 5.32 Å². The highest BCUT2D eigenvalue weighted by molar-refractivity contribution is 4.69. The summed E-state index contributed by atoms with van der Waals surface area (Å²) < 4.78 is 0. The van der Waals surface area contributed by atoms with Crippen LogP contribution in [0.25, 0.3) is 0 Å². The standard InChI is InChI=1S/C11H25NO/c1-5-9(3)7-11(6-2)12-8-10(4)13/h9-13H,5-8H2,1-4H3/t9-,10+,11-/m0/s1. The molecule has 0 rings (SSSR count). The van der Waals surface area contributed by atoms with E-state index in [1.165, 1.54) is 12.8 Å². The Labute approximate surface area is 82.7 Å². The maximum atomic E-state index is 9.13. The summed E-state index contributed by atoms with van der Waals surface area (Å²) in [5, 5.41) is 12.5. The van der Waals surface area contributed by atoms with E-state index in [0.717, 1.165) is 18.9 Å². The highest BCUT2D eigenvalue weighted by Crippen LogP contribution is 2.11. The van der Waals surface area contributed by atoms with Gasteiger partial charge in [0.2, 0.25) is 0 Å². The van der Waals surface area contributed by atoms with Crippen LogP contribution in [0.5, 0.6) is 0 Å². The molecule has 0 saturated heterocycles. The first kappa shape index (κ1) is 12.9. The molecule has 3 atom stereocenters. The van der Waals surface area contributed by atoms with E-state index in [1.54, 1.807) is 0 Å². The summed E-state index contributed by atoms with van der Waals surface area (Å²) in [6.07, 6.45) is 3.38. The molecule has 0 heterocycles. The molecule has 0 aliphatic heterocycles. The lowest BCUT2D eigenvalue weighted by Gasteiger charge is -2.21. The van der Waals surface area contributed by atoms with Crippen LogP contribution in [-0.2, 0) is 0 Å². The fourth-order valence-electron chi connectivity index (χ4n) is 1.38. The average molecular weight is 187 g/mol. The summed E-state index contributed by atoms with van der Waals surface area (Å²) in [5.41, 5.74) is 0. The molecule has 0 saturated carbocycles. The maximum absolute atomic E-state index is 9.13. The van der Waals surface area contributed by atoms with Crippen molar-refractivity contribution >= 4 is 0 Å². The van der Waals surface area contributed by atoms with E-state index in [4.69, 9.17) is 5.11 Å². The van der Waals surface area contributed by atoms with Crippen molar-refractivity contribution < 1.29 is 5.11 Å². The van der Waals surface area contributed by atoms with Crippen molar-refractivity contribution in [3.63, 3.8) is 0 Å². The van der Waals surface area contributed by atoms with Gasteiger partial charge >= 0.3 is 0 Å². The first-order valence-electron chi connectivity index (χ1n) is 5.51. The number of aliphatic hydroxyl groups is 1. The second kappa shape index (κ2) is 7.34. The van der Waals surface area contributed by atoms with Crippen molar-refractivity contribution in [2.75, 3.05) is 6.54 Å². The molecule has 80 valence electrons. The van der Waals surface area contributed by atoms with E-state index in [0.29, 0.717) is 6.04 Å². The predicted molar refractivity (Wildman–Crippen MR) is 57.8 cm³/mol. The fraction of sp³-hybridized carbons (Fsp3) is 1.00. The SMILES string of the molecule is CC[C@H](C)C[C@H](CC)NC[C@@H](C)O. The molecule has 0 aromatic carbocycles. The van der Waals surface area contributed by atoms with E-state index in [9.17, 15) is 0 Å². The molecule has 0 aliphatic carbocycles. The normalized spacial score (nSPS) is 18.2. The van der Waals surface area contributed by atoms with Crippen LogP contribution in [0, 0.1) is 5.92 Å². The van der Waals surface area contributed by atoms with Crippen LogP contribution in [0.3, 0.4) is 0 Å². The number of hydrogen-bond donors (Lipinski definition) is 2. The Kier molecular flexibility index (Phi) is 7.29. The molecule has 2 N–H and O–H groups in total. The third-order valence-electron chi connectivity index (χ3n) is 2.58. The van der Waals surface area contributed by atoms with Gasteiger partial charge in [0.1, 0.15) is 0 Å². The molecular formula is C11H25NO. The zero-order valence-corrected chi connectivity index (χ0v) is 9.51. The molecule has 0 unspecified atom stereocenters. The second-order valence-corrected chi connectivity index (χ2v) is 4.11. The maximum Gasteiger partial charge on any atom is 0.0636 e. The van der Waals surface area contributed by atoms with Gasteiger partial charge in [-0.2, -0.15) is 0 Å². The van der Waals surface area contributed by atoms with Crippen molar-refractivity contribution in [3.8, 4) is 0 Å². The van der Waals surface area contributed by atoms with Crippen molar-refractivity contribution in [2.24, 2.45) is 5.92 Å². The Hall–Kier alpha value is -0.0800. The van der Waals surface area contributed by atoms with Gasteiger partial charge in [0.05, 0.1) is 6.10 Å². The monoisotopic (exact) mass is 187 g/mol. The van der Waals surface area contributed by atoms with Crippen LogP contribution >= 0.6 is 0 Å². The summed E-state index contributed by atoms with van der Waals surface area (Å²) in [5.74, 6) is 0.784. The molecule has 0 amide bonds. The van der Waals surface area contributed by atoms with E-state index in [2.05, 4.69) is 26.1 Å². The molecule has 0 radical (unpaired) electrons. The summed E-state index contributed by atoms with van der Waals surface area (Å²) in [7, 11) is 0. The molecule has 0 aromatic rings. The Morgan fingerprint density at radius 3 is 2.15 bits per heavy atom. The molecule has 0 fully saturated rings. The van der Waals surface area contributed by atoms with E-state index in [-0.39, 0.29) is 6.10 Å². The Bertz CT molecular complexity index is 115. The van der Waals surface area contributed by atoms with Gasteiger partial charge in [-0.05, 0) is 25.7 Å². The lowest BCUT2D eigenvalue weighted by molar-refractivity contribution is 0.182. The van der Waals surface area contributed by atoms with Crippen LogP contribution < -0.4 is 5.32 Å². The topological polar surface area (TPSA) is 32.3 Å². The number of hydrogen-bond acceptors (Lipinski definition) is 2. The van der Waals surface area contributed by atoms with Crippen molar-refractivity contribution in [1.29, 1.82) is 0 Å². The molecule has 0 bridgehead atoms. The fourth-order valence-corrected chi connectivity index (χ4v) is 1.38. The summed E-state index contributed by atoms with van der Waals surface area (Å²) in [4.78, 5) is 0. The molecule has 13 heavy (non-hydrogen) atoms. The minimum absolute atomic E-state index is 0.231. The summed E-state index contributed by atoms with van der Waals surface area (Å²) >= 11 is 0. The zero-order valence-electron chi connectivity index (χ0n) is 9.51. The minimum atomic E-state index is -0.231. The van der Waals surface area contributed by atoms with Crippen molar-refractivity contribution in [3.05, 3.63) is 0 Å².